The number of hydrogen-bond acceptors (Lipinski definition) is 6. The highest BCUT2D eigenvalue weighted by Gasteiger charge is 2.44. The summed E-state index contributed by atoms with van der Waals surface area (Å²) in [6.45, 7) is 1.34. The van der Waals surface area contributed by atoms with E-state index in [1.54, 1.807) is 19.2 Å². The van der Waals surface area contributed by atoms with Crippen LogP contribution in [0, 0.1) is 0 Å². The molecule has 8 nitrogen and oxygen atoms in total. The van der Waals surface area contributed by atoms with E-state index in [2.05, 4.69) is 31.2 Å². The number of hydrogen-bond donors (Lipinski definition) is 4. The van der Waals surface area contributed by atoms with E-state index in [1.165, 1.54) is 6.34 Å². The first-order valence-electron chi connectivity index (χ1n) is 6.05. The highest BCUT2D eigenvalue weighted by atomic mass is 79.9. The molecule has 114 valence electrons. The number of carbonyl (C=O) groups excluding carboxylic acids is 1. The number of halogens is 1. The fourth-order valence-corrected chi connectivity index (χ4v) is 2.23. The summed E-state index contributed by atoms with van der Waals surface area (Å²) in [4.78, 5) is 29.2. The maximum Gasteiger partial charge on any atom is 0.354 e. The van der Waals surface area contributed by atoms with Crippen molar-refractivity contribution in [3.63, 3.8) is 0 Å². The number of aliphatic carboxylic acids is 1. The first-order chi connectivity index (χ1) is 9.83. The molecule has 0 aromatic carbocycles. The molecule has 0 radical (unpaired) electrons. The predicted octanol–water partition coefficient (Wildman–Crippen LogP) is 0.138. The zero-order valence-corrected chi connectivity index (χ0v) is 12.6. The van der Waals surface area contributed by atoms with Crippen molar-refractivity contribution in [2.24, 2.45) is 4.99 Å². The van der Waals surface area contributed by atoms with E-state index in [1.807, 2.05) is 0 Å². The van der Waals surface area contributed by atoms with Gasteiger partial charge in [0.2, 0.25) is 0 Å². The summed E-state index contributed by atoms with van der Waals surface area (Å²) < 4.78 is 5.82. The Kier molecular flexibility index (Phi) is 4.33. The van der Waals surface area contributed by atoms with E-state index in [9.17, 15) is 14.7 Å². The second kappa shape index (κ2) is 5.86. The second-order valence-corrected chi connectivity index (χ2v) is 5.79. The average Bonchev–Trinajstić information content (AvgIpc) is 2.86. The number of ether oxygens (including phenoxy) is 1. The van der Waals surface area contributed by atoms with Crippen LogP contribution in [0.5, 0.6) is 0 Å². The van der Waals surface area contributed by atoms with Crippen molar-refractivity contribution < 1.29 is 24.5 Å². The lowest BCUT2D eigenvalue weighted by Crippen LogP contribution is -2.63. The summed E-state index contributed by atoms with van der Waals surface area (Å²) in [6, 6.07) is 0.256. The molecule has 21 heavy (non-hydrogen) atoms. The molecule has 0 aliphatic carbocycles. The number of aliphatic hydroxyl groups is 1. The molecule has 3 atom stereocenters. The van der Waals surface area contributed by atoms with Crippen molar-refractivity contribution in [2.45, 2.75) is 24.6 Å². The topological polar surface area (TPSA) is 124 Å². The third kappa shape index (κ3) is 3.24. The van der Waals surface area contributed by atoms with Crippen LogP contribution in [0.2, 0.25) is 0 Å². The molecule has 1 aromatic rings. The number of carbonyl (C=O) groups is 2. The van der Waals surface area contributed by atoms with Crippen LogP contribution in [-0.2, 0) is 9.53 Å². The molecule has 4 N–H and O–H groups in total. The predicted molar refractivity (Wildman–Crippen MR) is 76.2 cm³/mol. The summed E-state index contributed by atoms with van der Waals surface area (Å²) in [5.74, 6) is -1.85. The third-order valence-electron chi connectivity index (χ3n) is 3.21. The molecule has 2 heterocycles. The van der Waals surface area contributed by atoms with E-state index >= 15 is 0 Å². The minimum atomic E-state index is -1.33. The van der Waals surface area contributed by atoms with Gasteiger partial charge in [0.1, 0.15) is 18.4 Å². The number of carboxylic acid groups (broad SMARTS) is 1. The highest BCUT2D eigenvalue weighted by molar-refractivity contribution is 9.10. The summed E-state index contributed by atoms with van der Waals surface area (Å²) in [5.41, 5.74) is -0.885. The summed E-state index contributed by atoms with van der Waals surface area (Å²) in [6.07, 6.45) is 1.45. The molecule has 0 amide bonds. The number of nitrogens with one attached hydrogen (secondary N) is 2. The molecular formula is C12H14BrN3O5. The SMILES string of the molecule is C[C@@]1(COC(=O)c2cc(Br)c[nH]2)NC=NC(C(=O)O)C1O. The maximum absolute atomic E-state index is 11.8. The largest absolute Gasteiger partial charge is 0.480 e. The van der Waals surface area contributed by atoms with Crippen LogP contribution < -0.4 is 5.32 Å². The zero-order valence-electron chi connectivity index (χ0n) is 11.0. The fourth-order valence-electron chi connectivity index (χ4n) is 1.89. The molecule has 0 bridgehead atoms. The van der Waals surface area contributed by atoms with Gasteiger partial charge >= 0.3 is 11.9 Å². The normalized spacial score (nSPS) is 28.0. The molecule has 0 saturated carbocycles. The smallest absolute Gasteiger partial charge is 0.354 e. The molecule has 2 rings (SSSR count). The lowest BCUT2D eigenvalue weighted by molar-refractivity contribution is -0.143. The third-order valence-corrected chi connectivity index (χ3v) is 3.66. The van der Waals surface area contributed by atoms with Crippen LogP contribution in [-0.4, -0.2) is 57.8 Å². The fraction of sp³-hybridized carbons (Fsp3) is 0.417. The molecule has 2 unspecified atom stereocenters. The Morgan fingerprint density at radius 1 is 1.57 bits per heavy atom. The van der Waals surface area contributed by atoms with E-state index < -0.39 is 29.6 Å². The van der Waals surface area contributed by atoms with Gasteiger partial charge in [-0.05, 0) is 28.9 Å². The van der Waals surface area contributed by atoms with Crippen molar-refractivity contribution >= 4 is 34.2 Å². The Labute approximate surface area is 128 Å². The standard InChI is InChI=1S/C12H14BrN3O5/c1-12(9(17)8(10(18)19)15-5-16-12)4-21-11(20)7-2-6(13)3-14-7/h2-3,5,8-9,14,17H,4H2,1H3,(H,15,16)(H,18,19)/t8?,9?,12-/m0/s1. The summed E-state index contributed by atoms with van der Waals surface area (Å²) in [5, 5.41) is 21.8. The summed E-state index contributed by atoms with van der Waals surface area (Å²) in [7, 11) is 0. The van der Waals surface area contributed by atoms with Crippen LogP contribution in [0.1, 0.15) is 17.4 Å². The number of rotatable bonds is 4. The number of aliphatic hydroxyl groups excluding tert-OH is 1. The summed E-state index contributed by atoms with van der Waals surface area (Å²) >= 11 is 3.20. The van der Waals surface area contributed by atoms with Crippen LogP contribution in [0.4, 0.5) is 0 Å². The van der Waals surface area contributed by atoms with Crippen LogP contribution >= 0.6 is 15.9 Å². The molecule has 0 saturated heterocycles. The van der Waals surface area contributed by atoms with Gasteiger partial charge in [0.15, 0.2) is 6.04 Å². The molecule has 1 aliphatic rings. The van der Waals surface area contributed by atoms with E-state index in [0.717, 1.165) is 0 Å². The van der Waals surface area contributed by atoms with Gasteiger partial charge in [0.25, 0.3) is 0 Å². The van der Waals surface area contributed by atoms with Gasteiger partial charge in [-0.25, -0.2) is 9.59 Å². The van der Waals surface area contributed by atoms with Gasteiger partial charge in [-0.1, -0.05) is 0 Å². The van der Waals surface area contributed by atoms with Gasteiger partial charge in [-0.2, -0.15) is 0 Å². The number of carboxylic acids is 1. The quantitative estimate of drug-likeness (QED) is 0.566. The Bertz CT molecular complexity index is 587. The molecule has 0 spiro atoms. The lowest BCUT2D eigenvalue weighted by Gasteiger charge is -2.38. The molecular weight excluding hydrogens is 346 g/mol. The number of aromatic amines is 1. The number of aliphatic imine (C=N–C) groups is 1. The molecule has 1 aromatic heterocycles. The highest BCUT2D eigenvalue weighted by Crippen LogP contribution is 2.20. The number of aromatic nitrogens is 1. The maximum atomic E-state index is 11.8. The zero-order chi connectivity index (χ0) is 15.6. The second-order valence-electron chi connectivity index (χ2n) is 4.88. The Hall–Kier alpha value is -1.87. The van der Waals surface area contributed by atoms with Crippen LogP contribution in [0.3, 0.4) is 0 Å². The number of esters is 1. The van der Waals surface area contributed by atoms with E-state index in [-0.39, 0.29) is 12.3 Å². The first kappa shape index (κ1) is 15.5. The number of H-pyrrole nitrogens is 1. The van der Waals surface area contributed by atoms with Crippen molar-refractivity contribution in [1.82, 2.24) is 10.3 Å². The van der Waals surface area contributed by atoms with Gasteiger partial charge in [0, 0.05) is 10.7 Å². The Balaban J connectivity index is 2.03. The first-order valence-corrected chi connectivity index (χ1v) is 6.84. The van der Waals surface area contributed by atoms with Gasteiger partial charge < -0.3 is 25.3 Å². The Morgan fingerprint density at radius 3 is 2.86 bits per heavy atom. The molecule has 9 heteroatoms. The van der Waals surface area contributed by atoms with E-state index in [4.69, 9.17) is 9.84 Å². The Morgan fingerprint density at radius 2 is 2.29 bits per heavy atom. The van der Waals surface area contributed by atoms with Crippen molar-refractivity contribution in [1.29, 1.82) is 0 Å². The average molecular weight is 360 g/mol. The molecule has 0 fully saturated rings. The van der Waals surface area contributed by atoms with Gasteiger partial charge in [-0.3, -0.25) is 4.99 Å². The van der Waals surface area contributed by atoms with Gasteiger partial charge in [0.05, 0.1) is 11.9 Å². The minimum Gasteiger partial charge on any atom is -0.480 e. The van der Waals surface area contributed by atoms with Crippen LogP contribution in [0.25, 0.3) is 0 Å². The lowest BCUT2D eigenvalue weighted by atomic mass is 9.89. The van der Waals surface area contributed by atoms with Gasteiger partial charge in [-0.15, -0.1) is 0 Å². The van der Waals surface area contributed by atoms with E-state index in [0.29, 0.717) is 4.47 Å². The van der Waals surface area contributed by atoms with Crippen molar-refractivity contribution in [3.8, 4) is 0 Å². The van der Waals surface area contributed by atoms with Crippen molar-refractivity contribution in [2.75, 3.05) is 6.61 Å². The monoisotopic (exact) mass is 359 g/mol. The number of nitrogens with zero attached hydrogens (tertiary/aromatic N) is 1. The minimum absolute atomic E-state index is 0.209. The van der Waals surface area contributed by atoms with Crippen LogP contribution in [0.15, 0.2) is 21.7 Å². The van der Waals surface area contributed by atoms with Crippen molar-refractivity contribution in [3.05, 3.63) is 22.4 Å². The molecule has 1 aliphatic heterocycles.